The summed E-state index contributed by atoms with van der Waals surface area (Å²) in [7, 11) is 4.38. The smallest absolute Gasteiger partial charge is 0.337 e. The van der Waals surface area contributed by atoms with Gasteiger partial charge in [-0.1, -0.05) is 12.1 Å². The van der Waals surface area contributed by atoms with Gasteiger partial charge in [0.15, 0.2) is 11.5 Å². The number of fused-ring (bicyclic) bond motifs is 1. The maximum atomic E-state index is 13.6. The van der Waals surface area contributed by atoms with Crippen molar-refractivity contribution in [3.63, 3.8) is 0 Å². The Morgan fingerprint density at radius 2 is 1.68 bits per heavy atom. The second-order valence-corrected chi connectivity index (χ2v) is 8.27. The van der Waals surface area contributed by atoms with Gasteiger partial charge in [0.1, 0.15) is 17.9 Å². The molecule has 1 aliphatic heterocycles. The van der Waals surface area contributed by atoms with Gasteiger partial charge in [0.25, 0.3) is 11.6 Å². The van der Waals surface area contributed by atoms with E-state index >= 15 is 0 Å². The number of rotatable bonds is 8. The van der Waals surface area contributed by atoms with Crippen LogP contribution < -0.4 is 14.2 Å². The van der Waals surface area contributed by atoms with Gasteiger partial charge in [-0.25, -0.2) is 4.79 Å². The Balaban J connectivity index is 1.70. The van der Waals surface area contributed by atoms with Crippen LogP contribution in [0.25, 0.3) is 0 Å². The molecule has 10 nitrogen and oxygen atoms in total. The molecule has 1 amide bonds. The zero-order valence-corrected chi connectivity index (χ0v) is 20.6. The largest absolute Gasteiger partial charge is 0.493 e. The highest BCUT2D eigenvalue weighted by Crippen LogP contribution is 2.39. The number of nitrogens with zero attached hydrogens (tertiary/aromatic N) is 2. The molecule has 0 saturated carbocycles. The van der Waals surface area contributed by atoms with Crippen LogP contribution in [-0.2, 0) is 11.2 Å². The van der Waals surface area contributed by atoms with Crippen molar-refractivity contribution in [2.75, 3.05) is 34.5 Å². The second-order valence-electron chi connectivity index (χ2n) is 8.27. The molecular formula is C27H26N2O8. The van der Waals surface area contributed by atoms with Crippen LogP contribution in [0.3, 0.4) is 0 Å². The number of carbonyl (C=O) groups excluding carboxylic acids is 2. The first-order chi connectivity index (χ1) is 17.9. The molecule has 0 fully saturated rings. The van der Waals surface area contributed by atoms with Gasteiger partial charge in [-0.05, 0) is 60.0 Å². The molecule has 0 unspecified atom stereocenters. The number of nitro groups is 1. The molecule has 0 aromatic heterocycles. The third kappa shape index (κ3) is 5.18. The monoisotopic (exact) mass is 506 g/mol. The standard InChI is InChI=1S/C27H26N2O8/c1-34-24-14-18-12-13-28(26(30)20-6-4-5-7-22(20)29(32)33)23(21(18)15-25(24)35-2)16-37-19-10-8-17(9-11-19)27(31)36-3/h4-11,14-15,23H,12-13,16H2,1-3H3/t23-/m0/s1. The van der Waals surface area contributed by atoms with E-state index < -0.39 is 22.8 Å². The van der Waals surface area contributed by atoms with E-state index in [-0.39, 0.29) is 17.9 Å². The molecule has 37 heavy (non-hydrogen) atoms. The van der Waals surface area contributed by atoms with Gasteiger partial charge in [0, 0.05) is 12.6 Å². The molecule has 0 N–H and O–H groups in total. The number of hydrogen-bond donors (Lipinski definition) is 0. The van der Waals surface area contributed by atoms with Crippen molar-refractivity contribution in [2.24, 2.45) is 0 Å². The summed E-state index contributed by atoms with van der Waals surface area (Å²) in [6, 6.07) is 15.4. The molecule has 0 radical (unpaired) electrons. The molecule has 3 aromatic carbocycles. The van der Waals surface area contributed by atoms with Crippen molar-refractivity contribution in [3.05, 3.63) is 93.0 Å². The number of hydrogen-bond acceptors (Lipinski definition) is 8. The summed E-state index contributed by atoms with van der Waals surface area (Å²) in [5.74, 6) is 0.613. The zero-order chi connectivity index (χ0) is 26.5. The lowest BCUT2D eigenvalue weighted by Gasteiger charge is -2.37. The fraction of sp³-hybridized carbons (Fsp3) is 0.259. The van der Waals surface area contributed by atoms with Gasteiger partial charge in [-0.15, -0.1) is 0 Å². The summed E-state index contributed by atoms with van der Waals surface area (Å²) in [6.45, 7) is 0.384. The summed E-state index contributed by atoms with van der Waals surface area (Å²) in [6.07, 6.45) is 0.520. The fourth-order valence-electron chi connectivity index (χ4n) is 4.40. The highest BCUT2D eigenvalue weighted by atomic mass is 16.6. The zero-order valence-electron chi connectivity index (χ0n) is 20.6. The lowest BCUT2D eigenvalue weighted by Crippen LogP contribution is -2.42. The van der Waals surface area contributed by atoms with E-state index in [0.29, 0.717) is 35.8 Å². The number of nitro benzene ring substituents is 1. The van der Waals surface area contributed by atoms with Gasteiger partial charge in [-0.3, -0.25) is 14.9 Å². The van der Waals surface area contributed by atoms with E-state index in [1.807, 2.05) is 6.07 Å². The Labute approximate surface area is 213 Å². The Bertz CT molecular complexity index is 1320. The van der Waals surface area contributed by atoms with Gasteiger partial charge in [0.05, 0.1) is 37.9 Å². The van der Waals surface area contributed by atoms with Crippen LogP contribution in [0, 0.1) is 10.1 Å². The summed E-state index contributed by atoms with van der Waals surface area (Å²) in [4.78, 5) is 38.0. The minimum Gasteiger partial charge on any atom is -0.493 e. The number of benzene rings is 3. The molecule has 1 aliphatic rings. The first kappa shape index (κ1) is 25.5. The van der Waals surface area contributed by atoms with E-state index in [9.17, 15) is 19.7 Å². The fourth-order valence-corrected chi connectivity index (χ4v) is 4.40. The van der Waals surface area contributed by atoms with Gasteiger partial charge < -0.3 is 23.8 Å². The van der Waals surface area contributed by atoms with E-state index in [1.54, 1.807) is 48.4 Å². The summed E-state index contributed by atoms with van der Waals surface area (Å²) in [5.41, 5.74) is 1.87. The Kier molecular flexibility index (Phi) is 7.57. The molecule has 3 aromatic rings. The molecule has 0 aliphatic carbocycles. The molecule has 0 saturated heterocycles. The number of ether oxygens (including phenoxy) is 4. The third-order valence-electron chi connectivity index (χ3n) is 6.28. The second kappa shape index (κ2) is 11.0. The summed E-state index contributed by atoms with van der Waals surface area (Å²) >= 11 is 0. The lowest BCUT2D eigenvalue weighted by atomic mass is 9.91. The van der Waals surface area contributed by atoms with Crippen molar-refractivity contribution in [2.45, 2.75) is 12.5 Å². The van der Waals surface area contributed by atoms with Crippen molar-refractivity contribution in [1.82, 2.24) is 4.90 Å². The number of amides is 1. The Morgan fingerprint density at radius 1 is 1.00 bits per heavy atom. The topological polar surface area (TPSA) is 117 Å². The first-order valence-corrected chi connectivity index (χ1v) is 11.5. The highest BCUT2D eigenvalue weighted by molar-refractivity contribution is 5.98. The molecule has 192 valence electrons. The van der Waals surface area contributed by atoms with Crippen molar-refractivity contribution in [1.29, 1.82) is 0 Å². The molecule has 1 heterocycles. The van der Waals surface area contributed by atoms with Crippen LogP contribution in [0.2, 0.25) is 0 Å². The lowest BCUT2D eigenvalue weighted by molar-refractivity contribution is -0.385. The van der Waals surface area contributed by atoms with Crippen LogP contribution in [-0.4, -0.2) is 56.2 Å². The summed E-state index contributed by atoms with van der Waals surface area (Å²) in [5, 5.41) is 11.6. The van der Waals surface area contributed by atoms with E-state index in [0.717, 1.165) is 11.1 Å². The van der Waals surface area contributed by atoms with E-state index in [2.05, 4.69) is 0 Å². The molecule has 1 atom stereocenters. The normalized spacial score (nSPS) is 14.4. The van der Waals surface area contributed by atoms with Crippen molar-refractivity contribution in [3.8, 4) is 17.2 Å². The van der Waals surface area contributed by atoms with E-state index in [4.69, 9.17) is 18.9 Å². The minimum absolute atomic E-state index is 0.00357. The van der Waals surface area contributed by atoms with Crippen molar-refractivity contribution < 1.29 is 33.5 Å². The first-order valence-electron chi connectivity index (χ1n) is 11.5. The van der Waals surface area contributed by atoms with Gasteiger partial charge in [-0.2, -0.15) is 0 Å². The number of methoxy groups -OCH3 is 3. The van der Waals surface area contributed by atoms with Crippen LogP contribution in [0.5, 0.6) is 17.2 Å². The average molecular weight is 507 g/mol. The van der Waals surface area contributed by atoms with E-state index in [1.165, 1.54) is 32.4 Å². The van der Waals surface area contributed by atoms with Gasteiger partial charge >= 0.3 is 5.97 Å². The maximum absolute atomic E-state index is 13.6. The third-order valence-corrected chi connectivity index (χ3v) is 6.28. The molecule has 0 spiro atoms. The molecule has 4 rings (SSSR count). The predicted octanol–water partition coefficient (Wildman–Crippen LogP) is 4.22. The quantitative estimate of drug-likeness (QED) is 0.253. The Hall–Kier alpha value is -4.60. The maximum Gasteiger partial charge on any atom is 0.337 e. The number of para-hydroxylation sites is 1. The SMILES string of the molecule is COC(=O)c1ccc(OC[C@H]2c3cc(OC)c(OC)cc3CCN2C(=O)c2ccccc2[N+](=O)[O-])cc1. The molecule has 0 bridgehead atoms. The van der Waals surface area contributed by atoms with Crippen molar-refractivity contribution >= 4 is 17.6 Å². The van der Waals surface area contributed by atoms with Crippen LogP contribution in [0.15, 0.2) is 60.7 Å². The number of carbonyl (C=O) groups is 2. The predicted molar refractivity (Wildman–Crippen MR) is 133 cm³/mol. The van der Waals surface area contributed by atoms with Crippen LogP contribution in [0.4, 0.5) is 5.69 Å². The Morgan fingerprint density at radius 3 is 2.32 bits per heavy atom. The molecular weight excluding hydrogens is 480 g/mol. The molecule has 10 heteroatoms. The summed E-state index contributed by atoms with van der Waals surface area (Å²) < 4.78 is 21.7. The van der Waals surface area contributed by atoms with Crippen LogP contribution >= 0.6 is 0 Å². The van der Waals surface area contributed by atoms with Gasteiger partial charge in [0.2, 0.25) is 0 Å². The number of esters is 1. The average Bonchev–Trinajstić information content (AvgIpc) is 2.94. The van der Waals surface area contributed by atoms with Crippen LogP contribution in [0.1, 0.15) is 37.9 Å². The highest BCUT2D eigenvalue weighted by Gasteiger charge is 2.35. The minimum atomic E-state index is -0.573.